The summed E-state index contributed by atoms with van der Waals surface area (Å²) in [4.78, 5) is 35.5. The molecule has 0 aliphatic rings. The van der Waals surface area contributed by atoms with Crippen molar-refractivity contribution in [3.8, 4) is 0 Å². The molecule has 0 radical (unpaired) electrons. The molecule has 556 valence electrons. The van der Waals surface area contributed by atoms with E-state index < -0.39 is 26.5 Å². The summed E-state index contributed by atoms with van der Waals surface area (Å²) in [5, 5.41) is 0. The fourth-order valence-electron chi connectivity index (χ4n) is 12.5. The fraction of sp³-hybridized carbons (Fsp3) is 0.835. The zero-order chi connectivity index (χ0) is 68.6. The van der Waals surface area contributed by atoms with Crippen LogP contribution in [0.15, 0.2) is 72.9 Å². The summed E-state index contributed by atoms with van der Waals surface area (Å²) in [6.07, 6.45) is 108. The Labute approximate surface area is 590 Å². The third-order valence-electron chi connectivity index (χ3n) is 18.6. The molecule has 2 unspecified atom stereocenters. The summed E-state index contributed by atoms with van der Waals surface area (Å²) in [7, 11) is -4.40. The van der Waals surface area contributed by atoms with E-state index in [1.807, 2.05) is 0 Å². The van der Waals surface area contributed by atoms with Crippen molar-refractivity contribution in [2.24, 2.45) is 5.73 Å². The van der Waals surface area contributed by atoms with E-state index in [4.69, 9.17) is 24.3 Å². The topological polar surface area (TPSA) is 134 Å². The van der Waals surface area contributed by atoms with E-state index in [2.05, 4.69) is 86.8 Å². The number of hydrogen-bond donors (Lipinski definition) is 2. The van der Waals surface area contributed by atoms with Crippen LogP contribution in [0.3, 0.4) is 0 Å². The molecule has 0 aromatic rings. The minimum absolute atomic E-state index is 0.0547. The first kappa shape index (κ1) is 92.4. The Balaban J connectivity index is 3.74. The molecule has 3 N–H and O–H groups in total. The number of carbonyl (C=O) groups is 2. The molecular formula is C85H158NO8P. The van der Waals surface area contributed by atoms with E-state index in [9.17, 15) is 19.0 Å². The third-order valence-corrected chi connectivity index (χ3v) is 19.6. The number of carbonyl (C=O) groups excluding carboxylic acids is 2. The summed E-state index contributed by atoms with van der Waals surface area (Å²) >= 11 is 0. The van der Waals surface area contributed by atoms with Crippen LogP contribution in [0.25, 0.3) is 0 Å². The van der Waals surface area contributed by atoms with E-state index in [-0.39, 0.29) is 38.6 Å². The third kappa shape index (κ3) is 80.3. The average molecular weight is 1350 g/mol. The van der Waals surface area contributed by atoms with Crippen LogP contribution in [0.1, 0.15) is 425 Å². The lowest BCUT2D eigenvalue weighted by Crippen LogP contribution is -2.29. The van der Waals surface area contributed by atoms with Gasteiger partial charge >= 0.3 is 19.8 Å². The minimum atomic E-state index is -4.40. The van der Waals surface area contributed by atoms with Crippen LogP contribution in [0.4, 0.5) is 0 Å². The summed E-state index contributed by atoms with van der Waals surface area (Å²) in [6, 6.07) is 0. The molecule has 0 spiro atoms. The largest absolute Gasteiger partial charge is 0.472 e. The van der Waals surface area contributed by atoms with Gasteiger partial charge in [0.2, 0.25) is 0 Å². The van der Waals surface area contributed by atoms with E-state index in [0.717, 1.165) is 64.2 Å². The molecule has 0 aromatic heterocycles. The number of phosphoric acid groups is 1. The summed E-state index contributed by atoms with van der Waals surface area (Å²) in [6.45, 7) is 3.70. The number of ether oxygens (including phenoxy) is 2. The number of nitrogens with two attached hydrogens (primary N) is 1. The number of rotatable bonds is 79. The van der Waals surface area contributed by atoms with Crippen molar-refractivity contribution in [2.75, 3.05) is 26.4 Å². The normalized spacial score (nSPS) is 13.2. The van der Waals surface area contributed by atoms with Crippen LogP contribution in [0.2, 0.25) is 0 Å². The van der Waals surface area contributed by atoms with Gasteiger partial charge in [-0.3, -0.25) is 18.6 Å². The smallest absolute Gasteiger partial charge is 0.462 e. The predicted molar refractivity (Wildman–Crippen MR) is 413 cm³/mol. The van der Waals surface area contributed by atoms with Gasteiger partial charge in [0.1, 0.15) is 6.61 Å². The second-order valence-electron chi connectivity index (χ2n) is 28.0. The van der Waals surface area contributed by atoms with Crippen LogP contribution >= 0.6 is 7.82 Å². The van der Waals surface area contributed by atoms with Gasteiger partial charge in [-0.15, -0.1) is 0 Å². The zero-order valence-electron chi connectivity index (χ0n) is 62.9. The van der Waals surface area contributed by atoms with Crippen LogP contribution < -0.4 is 5.73 Å². The first-order chi connectivity index (χ1) is 46.8. The second-order valence-corrected chi connectivity index (χ2v) is 29.4. The van der Waals surface area contributed by atoms with Crippen molar-refractivity contribution in [1.82, 2.24) is 0 Å². The van der Waals surface area contributed by atoms with E-state index >= 15 is 0 Å². The summed E-state index contributed by atoms with van der Waals surface area (Å²) in [5.74, 6) is -0.805. The van der Waals surface area contributed by atoms with Gasteiger partial charge in [-0.1, -0.05) is 401 Å². The van der Waals surface area contributed by atoms with E-state index in [0.29, 0.717) is 6.42 Å². The Morgan fingerprint density at radius 2 is 0.579 bits per heavy atom. The Hall–Kier alpha value is -2.55. The van der Waals surface area contributed by atoms with Crippen LogP contribution in [0.5, 0.6) is 0 Å². The molecule has 0 fully saturated rings. The SMILES string of the molecule is CC/C=C\C/C=C\C/C=C\C/C=C\C/C=C\CCCCCCCCCCCCCCCCCCCCCC(=O)OC(COC(=O)CCCCCCCCCCCCCCCCCCCCCCCCCCCCC/C=C\CCCCCCCCCC)COP(=O)(O)OCCN. The standard InChI is InChI=1S/C85H158NO8P/c1-3-5-7-9-11-13-15-17-19-21-23-25-27-29-31-33-35-37-39-40-41-42-44-45-47-49-51-53-55-57-59-61-63-65-67-69-71-73-75-77-84(87)91-81-83(82-93-95(89,90)92-80-79-86)94-85(88)78-76-74-72-70-68-66-64-62-60-58-56-54-52-50-48-46-43-38-36-34-32-30-28-26-24-22-20-18-16-14-12-10-8-6-4-2/h6,8,12,14,18,20-21,23-24,26,30,32,83H,3-5,7,9-11,13,15-17,19,22,25,27-29,31,33-82,86H2,1-2H3,(H,89,90)/b8-6-,14-12-,20-18-,23-21-,26-24-,32-30-. The Morgan fingerprint density at radius 3 is 0.874 bits per heavy atom. The maximum absolute atomic E-state index is 12.8. The van der Waals surface area contributed by atoms with Gasteiger partial charge in [0.25, 0.3) is 0 Å². The molecule has 0 heterocycles. The maximum atomic E-state index is 12.8. The molecule has 0 amide bonds. The molecule has 0 aliphatic heterocycles. The molecule has 9 nitrogen and oxygen atoms in total. The Bertz CT molecular complexity index is 1790. The van der Waals surface area contributed by atoms with E-state index in [1.165, 1.54) is 327 Å². The number of unbranched alkanes of at least 4 members (excludes halogenated alkanes) is 54. The van der Waals surface area contributed by atoms with Gasteiger partial charge in [-0.25, -0.2) is 4.57 Å². The highest BCUT2D eigenvalue weighted by atomic mass is 31.2. The number of allylic oxidation sites excluding steroid dienone is 12. The molecular weight excluding hydrogens is 1190 g/mol. The highest BCUT2D eigenvalue weighted by Gasteiger charge is 2.26. The first-order valence-corrected chi connectivity index (χ1v) is 42.9. The van der Waals surface area contributed by atoms with Gasteiger partial charge in [0.15, 0.2) is 6.10 Å². The maximum Gasteiger partial charge on any atom is 0.472 e. The number of phosphoric ester groups is 1. The highest BCUT2D eigenvalue weighted by Crippen LogP contribution is 2.43. The molecule has 2 atom stereocenters. The zero-order valence-corrected chi connectivity index (χ0v) is 63.8. The lowest BCUT2D eigenvalue weighted by atomic mass is 10.0. The lowest BCUT2D eigenvalue weighted by molar-refractivity contribution is -0.161. The van der Waals surface area contributed by atoms with Gasteiger partial charge in [0.05, 0.1) is 13.2 Å². The van der Waals surface area contributed by atoms with Crippen LogP contribution in [-0.4, -0.2) is 49.3 Å². The van der Waals surface area contributed by atoms with Gasteiger partial charge in [0, 0.05) is 19.4 Å². The average Bonchev–Trinajstić information content (AvgIpc) is 3.32. The summed E-state index contributed by atoms with van der Waals surface area (Å²) in [5.41, 5.74) is 5.42. The van der Waals surface area contributed by atoms with Crippen molar-refractivity contribution >= 4 is 19.8 Å². The first-order valence-electron chi connectivity index (χ1n) is 41.4. The minimum Gasteiger partial charge on any atom is -0.462 e. The van der Waals surface area contributed by atoms with Gasteiger partial charge in [-0.2, -0.15) is 0 Å². The molecule has 0 saturated carbocycles. The van der Waals surface area contributed by atoms with Gasteiger partial charge in [-0.05, 0) is 83.5 Å². The van der Waals surface area contributed by atoms with Crippen molar-refractivity contribution in [3.05, 3.63) is 72.9 Å². The predicted octanol–water partition coefficient (Wildman–Crippen LogP) is 27.9. The number of esters is 2. The number of hydrogen-bond acceptors (Lipinski definition) is 8. The molecule has 0 rings (SSSR count). The Morgan fingerprint density at radius 1 is 0.326 bits per heavy atom. The van der Waals surface area contributed by atoms with Crippen LogP contribution in [-0.2, 0) is 32.7 Å². The molecule has 0 bridgehead atoms. The monoisotopic (exact) mass is 1350 g/mol. The molecule has 10 heteroatoms. The molecule has 0 aliphatic carbocycles. The van der Waals surface area contributed by atoms with Crippen molar-refractivity contribution < 1.29 is 37.6 Å². The van der Waals surface area contributed by atoms with E-state index in [1.54, 1.807) is 0 Å². The van der Waals surface area contributed by atoms with Crippen molar-refractivity contribution in [2.45, 2.75) is 431 Å². The lowest BCUT2D eigenvalue weighted by Gasteiger charge is -2.19. The fourth-order valence-corrected chi connectivity index (χ4v) is 13.3. The second kappa shape index (κ2) is 80.4. The van der Waals surface area contributed by atoms with Gasteiger partial charge < -0.3 is 20.1 Å². The molecule has 0 saturated heterocycles. The van der Waals surface area contributed by atoms with Crippen LogP contribution in [0, 0.1) is 0 Å². The highest BCUT2D eigenvalue weighted by molar-refractivity contribution is 7.47. The van der Waals surface area contributed by atoms with Crippen molar-refractivity contribution in [3.63, 3.8) is 0 Å². The Kier molecular flexibility index (Phi) is 78.3. The molecule has 95 heavy (non-hydrogen) atoms. The van der Waals surface area contributed by atoms with Crippen molar-refractivity contribution in [1.29, 1.82) is 0 Å². The quantitative estimate of drug-likeness (QED) is 0.0264. The molecule has 0 aromatic carbocycles. The summed E-state index contributed by atoms with van der Waals surface area (Å²) < 4.78 is 33.3.